The van der Waals surface area contributed by atoms with Crippen LogP contribution in [0.5, 0.6) is 5.75 Å². The van der Waals surface area contributed by atoms with Gasteiger partial charge < -0.3 is 9.84 Å². The fourth-order valence-electron chi connectivity index (χ4n) is 1.64. The van der Waals surface area contributed by atoms with Gasteiger partial charge in [0.15, 0.2) is 0 Å². The van der Waals surface area contributed by atoms with E-state index in [9.17, 15) is 5.11 Å². The molecule has 1 unspecified atom stereocenters. The van der Waals surface area contributed by atoms with E-state index in [0.29, 0.717) is 17.0 Å². The first-order valence-electron chi connectivity index (χ1n) is 5.97. The minimum atomic E-state index is -0.809. The maximum absolute atomic E-state index is 10.3. The fourth-order valence-corrected chi connectivity index (χ4v) is 1.88. The first kappa shape index (κ1) is 14.0. The van der Waals surface area contributed by atoms with Crippen LogP contribution in [0.1, 0.15) is 31.2 Å². The molecule has 0 aliphatic carbocycles. The molecule has 2 aromatic heterocycles. The summed E-state index contributed by atoms with van der Waals surface area (Å²) < 4.78 is 6.43. The molecule has 100 valence electrons. The molecule has 0 aliphatic heterocycles. The van der Waals surface area contributed by atoms with Crippen molar-refractivity contribution in [3.05, 3.63) is 52.5 Å². The minimum absolute atomic E-state index is 0.0694. The first-order chi connectivity index (χ1) is 9.06. The van der Waals surface area contributed by atoms with E-state index in [2.05, 4.69) is 25.9 Å². The number of aliphatic hydroxyl groups is 1. The molecule has 0 saturated heterocycles. The van der Waals surface area contributed by atoms with E-state index in [1.807, 2.05) is 19.9 Å². The summed E-state index contributed by atoms with van der Waals surface area (Å²) in [5, 5.41) is 10.3. The molecule has 0 aliphatic rings. The SMILES string of the molecule is CC(C)Oc1cncc(C(O)c2ccc(Br)cn2)c1. The van der Waals surface area contributed by atoms with E-state index in [4.69, 9.17) is 4.74 Å². The first-order valence-corrected chi connectivity index (χ1v) is 6.76. The molecule has 0 aromatic carbocycles. The van der Waals surface area contributed by atoms with Crippen LogP contribution in [0.15, 0.2) is 41.3 Å². The van der Waals surface area contributed by atoms with Gasteiger partial charge in [-0.05, 0) is 48.0 Å². The van der Waals surface area contributed by atoms with Gasteiger partial charge >= 0.3 is 0 Å². The van der Waals surface area contributed by atoms with E-state index in [0.717, 1.165) is 4.47 Å². The number of halogens is 1. The van der Waals surface area contributed by atoms with Crippen molar-refractivity contribution >= 4 is 15.9 Å². The zero-order valence-electron chi connectivity index (χ0n) is 10.7. The summed E-state index contributed by atoms with van der Waals surface area (Å²) in [7, 11) is 0. The van der Waals surface area contributed by atoms with E-state index >= 15 is 0 Å². The standard InChI is InChI=1S/C14H15BrN2O2/c1-9(2)19-12-5-10(6-16-8-12)14(18)13-4-3-11(15)7-17-13/h3-9,14,18H,1-2H3. The van der Waals surface area contributed by atoms with Gasteiger partial charge in [-0.3, -0.25) is 9.97 Å². The van der Waals surface area contributed by atoms with Crippen LogP contribution in [0.3, 0.4) is 0 Å². The molecule has 2 rings (SSSR count). The highest BCUT2D eigenvalue weighted by Crippen LogP contribution is 2.24. The molecule has 2 aromatic rings. The Morgan fingerprint density at radius 1 is 1.21 bits per heavy atom. The molecular weight excluding hydrogens is 308 g/mol. The Balaban J connectivity index is 2.23. The minimum Gasteiger partial charge on any atom is -0.489 e. The number of pyridine rings is 2. The van der Waals surface area contributed by atoms with Gasteiger partial charge in [0.05, 0.1) is 18.0 Å². The molecule has 0 radical (unpaired) electrons. The number of aliphatic hydroxyl groups excluding tert-OH is 1. The van der Waals surface area contributed by atoms with Crippen LogP contribution in [-0.2, 0) is 0 Å². The molecule has 5 heteroatoms. The van der Waals surface area contributed by atoms with Gasteiger partial charge in [0.1, 0.15) is 11.9 Å². The zero-order chi connectivity index (χ0) is 13.8. The van der Waals surface area contributed by atoms with Gasteiger partial charge in [-0.2, -0.15) is 0 Å². The summed E-state index contributed by atoms with van der Waals surface area (Å²) in [4.78, 5) is 8.26. The van der Waals surface area contributed by atoms with Gasteiger partial charge in [-0.25, -0.2) is 0 Å². The van der Waals surface area contributed by atoms with Crippen molar-refractivity contribution in [2.45, 2.75) is 26.1 Å². The number of ether oxygens (including phenoxy) is 1. The van der Waals surface area contributed by atoms with Crippen LogP contribution < -0.4 is 4.74 Å². The van der Waals surface area contributed by atoms with Crippen LogP contribution in [0.2, 0.25) is 0 Å². The molecule has 0 fully saturated rings. The third kappa shape index (κ3) is 3.75. The number of nitrogens with zero attached hydrogens (tertiary/aromatic N) is 2. The molecule has 1 N–H and O–H groups in total. The van der Waals surface area contributed by atoms with E-state index in [1.54, 1.807) is 30.7 Å². The Morgan fingerprint density at radius 3 is 2.63 bits per heavy atom. The molecule has 19 heavy (non-hydrogen) atoms. The maximum Gasteiger partial charge on any atom is 0.138 e. The van der Waals surface area contributed by atoms with Crippen molar-refractivity contribution in [2.24, 2.45) is 0 Å². The van der Waals surface area contributed by atoms with Crippen LogP contribution in [0, 0.1) is 0 Å². The molecule has 0 bridgehead atoms. The molecule has 1 atom stereocenters. The smallest absolute Gasteiger partial charge is 0.138 e. The number of aromatic nitrogens is 2. The van der Waals surface area contributed by atoms with Crippen molar-refractivity contribution in [3.8, 4) is 5.75 Å². The van der Waals surface area contributed by atoms with Crippen molar-refractivity contribution in [1.29, 1.82) is 0 Å². The van der Waals surface area contributed by atoms with Gasteiger partial charge in [0.25, 0.3) is 0 Å². The van der Waals surface area contributed by atoms with Crippen molar-refractivity contribution in [1.82, 2.24) is 9.97 Å². The lowest BCUT2D eigenvalue weighted by Gasteiger charge is -2.13. The van der Waals surface area contributed by atoms with Crippen LogP contribution >= 0.6 is 15.9 Å². The average Bonchev–Trinajstić information content (AvgIpc) is 2.38. The van der Waals surface area contributed by atoms with E-state index in [1.165, 1.54) is 0 Å². The average molecular weight is 323 g/mol. The highest BCUT2D eigenvalue weighted by Gasteiger charge is 2.13. The molecule has 2 heterocycles. The Kier molecular flexibility index (Phi) is 4.50. The van der Waals surface area contributed by atoms with Crippen LogP contribution in [0.4, 0.5) is 0 Å². The summed E-state index contributed by atoms with van der Waals surface area (Å²) in [6.45, 7) is 3.89. The Labute approximate surface area is 120 Å². The largest absolute Gasteiger partial charge is 0.489 e. The molecule has 0 amide bonds. The van der Waals surface area contributed by atoms with Gasteiger partial charge in [0, 0.05) is 22.4 Å². The number of hydrogen-bond donors (Lipinski definition) is 1. The Morgan fingerprint density at radius 2 is 2.00 bits per heavy atom. The third-order valence-corrected chi connectivity index (χ3v) is 2.92. The zero-order valence-corrected chi connectivity index (χ0v) is 12.3. The summed E-state index contributed by atoms with van der Waals surface area (Å²) >= 11 is 3.31. The molecule has 0 spiro atoms. The number of hydrogen-bond acceptors (Lipinski definition) is 4. The quantitative estimate of drug-likeness (QED) is 0.939. The topological polar surface area (TPSA) is 55.2 Å². The molecule has 4 nitrogen and oxygen atoms in total. The maximum atomic E-state index is 10.3. The van der Waals surface area contributed by atoms with Crippen LogP contribution in [-0.4, -0.2) is 21.2 Å². The lowest BCUT2D eigenvalue weighted by Crippen LogP contribution is -2.07. The van der Waals surface area contributed by atoms with Gasteiger partial charge in [-0.15, -0.1) is 0 Å². The van der Waals surface area contributed by atoms with E-state index < -0.39 is 6.10 Å². The highest BCUT2D eigenvalue weighted by atomic mass is 79.9. The van der Waals surface area contributed by atoms with Gasteiger partial charge in [-0.1, -0.05) is 0 Å². The lowest BCUT2D eigenvalue weighted by atomic mass is 10.1. The second-order valence-electron chi connectivity index (χ2n) is 4.42. The second kappa shape index (κ2) is 6.12. The molecule has 0 saturated carbocycles. The summed E-state index contributed by atoms with van der Waals surface area (Å²) in [6, 6.07) is 5.39. The van der Waals surface area contributed by atoms with Crippen molar-refractivity contribution in [2.75, 3.05) is 0 Å². The highest BCUT2D eigenvalue weighted by molar-refractivity contribution is 9.10. The summed E-state index contributed by atoms with van der Waals surface area (Å²) in [5.74, 6) is 0.642. The van der Waals surface area contributed by atoms with Crippen molar-refractivity contribution in [3.63, 3.8) is 0 Å². The molecular formula is C14H15BrN2O2. The predicted molar refractivity (Wildman–Crippen MR) is 76.0 cm³/mol. The van der Waals surface area contributed by atoms with Crippen molar-refractivity contribution < 1.29 is 9.84 Å². The monoisotopic (exact) mass is 322 g/mol. The normalized spacial score (nSPS) is 12.5. The second-order valence-corrected chi connectivity index (χ2v) is 5.34. The summed E-state index contributed by atoms with van der Waals surface area (Å²) in [6.07, 6.45) is 4.16. The lowest BCUT2D eigenvalue weighted by molar-refractivity contribution is 0.211. The van der Waals surface area contributed by atoms with Crippen LogP contribution in [0.25, 0.3) is 0 Å². The predicted octanol–water partition coefficient (Wildman–Crippen LogP) is 3.11. The fraction of sp³-hybridized carbons (Fsp3) is 0.286. The summed E-state index contributed by atoms with van der Waals surface area (Å²) in [5.41, 5.74) is 1.24. The van der Waals surface area contributed by atoms with E-state index in [-0.39, 0.29) is 6.10 Å². The van der Waals surface area contributed by atoms with Gasteiger partial charge in [0.2, 0.25) is 0 Å². The Hall–Kier alpha value is -1.46. The Bertz CT molecular complexity index is 543. The number of rotatable bonds is 4. The third-order valence-electron chi connectivity index (χ3n) is 2.45.